The van der Waals surface area contributed by atoms with Crippen LogP contribution in [0.1, 0.15) is 28.5 Å². The average molecular weight is 334 g/mol. The van der Waals surface area contributed by atoms with Crippen molar-refractivity contribution in [1.82, 2.24) is 10.3 Å². The maximum atomic E-state index is 12.2. The number of benzene rings is 1. The molecule has 0 aliphatic rings. The van der Waals surface area contributed by atoms with Crippen LogP contribution in [0.5, 0.6) is 0 Å². The Morgan fingerprint density at radius 2 is 2.20 bits per heavy atom. The van der Waals surface area contributed by atoms with Crippen molar-refractivity contribution in [3.8, 4) is 0 Å². The van der Waals surface area contributed by atoms with Crippen molar-refractivity contribution in [2.45, 2.75) is 19.9 Å². The van der Waals surface area contributed by atoms with Gasteiger partial charge in [-0.2, -0.15) is 0 Å². The van der Waals surface area contributed by atoms with E-state index >= 15 is 0 Å². The van der Waals surface area contributed by atoms with E-state index in [1.54, 1.807) is 24.4 Å². The lowest BCUT2D eigenvalue weighted by Crippen LogP contribution is -2.24. The second kappa shape index (κ2) is 6.52. The number of hydrogen-bond acceptors (Lipinski definition) is 3. The number of amides is 1. The lowest BCUT2D eigenvalue weighted by molar-refractivity contribution is 0.0951. The molecule has 1 amide bonds. The maximum absolute atomic E-state index is 12.2. The number of carbonyl (C=O) groups is 1. The van der Waals surface area contributed by atoms with Crippen LogP contribution in [0.15, 0.2) is 41.0 Å². The number of halogens is 1. The SMILES string of the molecule is CCc1cccnc1CNC(=O)c1cc(Br)ccc1N. The van der Waals surface area contributed by atoms with Crippen molar-refractivity contribution in [2.24, 2.45) is 0 Å². The smallest absolute Gasteiger partial charge is 0.253 e. The van der Waals surface area contributed by atoms with Gasteiger partial charge in [0.15, 0.2) is 0 Å². The fourth-order valence-electron chi connectivity index (χ4n) is 1.94. The molecule has 0 saturated carbocycles. The standard InChI is InChI=1S/C15H16BrN3O/c1-2-10-4-3-7-18-14(10)9-19-15(20)12-8-11(16)5-6-13(12)17/h3-8H,2,9,17H2,1H3,(H,19,20). The summed E-state index contributed by atoms with van der Waals surface area (Å²) in [6, 6.07) is 9.14. The third kappa shape index (κ3) is 3.36. The van der Waals surface area contributed by atoms with Gasteiger partial charge in [0.2, 0.25) is 0 Å². The summed E-state index contributed by atoms with van der Waals surface area (Å²) in [5.41, 5.74) is 8.77. The molecular weight excluding hydrogens is 318 g/mol. The zero-order valence-electron chi connectivity index (χ0n) is 11.2. The first-order valence-electron chi connectivity index (χ1n) is 6.37. The number of aryl methyl sites for hydroxylation is 1. The molecule has 0 atom stereocenters. The van der Waals surface area contributed by atoms with Crippen molar-refractivity contribution in [2.75, 3.05) is 5.73 Å². The van der Waals surface area contributed by atoms with E-state index in [1.807, 2.05) is 12.1 Å². The van der Waals surface area contributed by atoms with Crippen LogP contribution in [0.25, 0.3) is 0 Å². The highest BCUT2D eigenvalue weighted by molar-refractivity contribution is 9.10. The first-order valence-corrected chi connectivity index (χ1v) is 7.17. The van der Waals surface area contributed by atoms with E-state index in [0.717, 1.165) is 22.2 Å². The van der Waals surface area contributed by atoms with Gasteiger partial charge < -0.3 is 11.1 Å². The summed E-state index contributed by atoms with van der Waals surface area (Å²) in [5.74, 6) is -0.198. The summed E-state index contributed by atoms with van der Waals surface area (Å²) in [7, 11) is 0. The van der Waals surface area contributed by atoms with Crippen LogP contribution in [0.2, 0.25) is 0 Å². The summed E-state index contributed by atoms with van der Waals surface area (Å²) in [5, 5.41) is 2.86. The van der Waals surface area contributed by atoms with Gasteiger partial charge in [-0.1, -0.05) is 28.9 Å². The molecule has 0 unspecified atom stereocenters. The lowest BCUT2D eigenvalue weighted by atomic mass is 10.1. The molecule has 0 radical (unpaired) electrons. The van der Waals surface area contributed by atoms with E-state index in [9.17, 15) is 4.79 Å². The topological polar surface area (TPSA) is 68.0 Å². The predicted octanol–water partition coefficient (Wildman–Crippen LogP) is 2.92. The quantitative estimate of drug-likeness (QED) is 0.845. The second-order valence-corrected chi connectivity index (χ2v) is 5.29. The van der Waals surface area contributed by atoms with Crippen LogP contribution in [0.3, 0.4) is 0 Å². The van der Waals surface area contributed by atoms with Gasteiger partial charge in [-0.05, 0) is 36.2 Å². The van der Waals surface area contributed by atoms with Crippen molar-refractivity contribution in [1.29, 1.82) is 0 Å². The molecule has 1 aromatic carbocycles. The fourth-order valence-corrected chi connectivity index (χ4v) is 2.30. The monoisotopic (exact) mass is 333 g/mol. The number of anilines is 1. The maximum Gasteiger partial charge on any atom is 0.253 e. The number of aromatic nitrogens is 1. The zero-order valence-corrected chi connectivity index (χ0v) is 12.8. The predicted molar refractivity (Wildman–Crippen MR) is 83.3 cm³/mol. The fraction of sp³-hybridized carbons (Fsp3) is 0.200. The molecule has 5 heteroatoms. The highest BCUT2D eigenvalue weighted by Gasteiger charge is 2.11. The molecule has 4 nitrogen and oxygen atoms in total. The molecule has 3 N–H and O–H groups in total. The van der Waals surface area contributed by atoms with E-state index in [1.165, 1.54) is 0 Å². The van der Waals surface area contributed by atoms with E-state index in [0.29, 0.717) is 17.8 Å². The Morgan fingerprint density at radius 1 is 1.40 bits per heavy atom. The average Bonchev–Trinajstić information content (AvgIpc) is 2.47. The van der Waals surface area contributed by atoms with Gasteiger partial charge in [0.25, 0.3) is 5.91 Å². The summed E-state index contributed by atoms with van der Waals surface area (Å²) in [6.45, 7) is 2.46. The molecule has 2 aromatic rings. The normalized spacial score (nSPS) is 10.3. The Labute approximate surface area is 126 Å². The summed E-state index contributed by atoms with van der Waals surface area (Å²) in [6.07, 6.45) is 2.62. The molecule has 20 heavy (non-hydrogen) atoms. The molecule has 1 aromatic heterocycles. The number of rotatable bonds is 4. The largest absolute Gasteiger partial charge is 0.398 e. The van der Waals surface area contributed by atoms with Crippen molar-refractivity contribution in [3.05, 3.63) is 57.8 Å². The Hall–Kier alpha value is -1.88. The van der Waals surface area contributed by atoms with Crippen molar-refractivity contribution >= 4 is 27.5 Å². The number of nitrogens with two attached hydrogens (primary N) is 1. The van der Waals surface area contributed by atoms with Crippen LogP contribution in [-0.4, -0.2) is 10.9 Å². The minimum Gasteiger partial charge on any atom is -0.398 e. The van der Waals surface area contributed by atoms with E-state index in [4.69, 9.17) is 5.73 Å². The Bertz CT molecular complexity index is 628. The third-order valence-corrected chi connectivity index (χ3v) is 3.54. The van der Waals surface area contributed by atoms with Crippen LogP contribution in [0, 0.1) is 0 Å². The van der Waals surface area contributed by atoms with Gasteiger partial charge in [0, 0.05) is 16.4 Å². The van der Waals surface area contributed by atoms with Gasteiger partial charge in [-0.15, -0.1) is 0 Å². The van der Waals surface area contributed by atoms with E-state index in [-0.39, 0.29) is 5.91 Å². The summed E-state index contributed by atoms with van der Waals surface area (Å²) < 4.78 is 0.823. The molecule has 0 bridgehead atoms. The molecule has 0 aliphatic carbocycles. The first kappa shape index (κ1) is 14.5. The van der Waals surface area contributed by atoms with Gasteiger partial charge in [0.1, 0.15) is 0 Å². The number of nitrogens with one attached hydrogen (secondary N) is 1. The summed E-state index contributed by atoms with van der Waals surface area (Å²) >= 11 is 3.34. The molecule has 0 fully saturated rings. The third-order valence-electron chi connectivity index (χ3n) is 3.04. The van der Waals surface area contributed by atoms with Crippen LogP contribution >= 0.6 is 15.9 Å². The molecular formula is C15H16BrN3O. The van der Waals surface area contributed by atoms with Crippen LogP contribution in [-0.2, 0) is 13.0 Å². The van der Waals surface area contributed by atoms with Gasteiger partial charge in [-0.25, -0.2) is 0 Å². The molecule has 0 aliphatic heterocycles. The first-order chi connectivity index (χ1) is 9.61. The minimum atomic E-state index is -0.198. The number of nitrogens with zero attached hydrogens (tertiary/aromatic N) is 1. The number of pyridine rings is 1. The zero-order chi connectivity index (χ0) is 14.5. The van der Waals surface area contributed by atoms with Gasteiger partial charge in [-0.3, -0.25) is 9.78 Å². The Morgan fingerprint density at radius 3 is 2.95 bits per heavy atom. The second-order valence-electron chi connectivity index (χ2n) is 4.38. The molecule has 2 rings (SSSR count). The molecule has 1 heterocycles. The number of nitrogen functional groups attached to an aromatic ring is 1. The van der Waals surface area contributed by atoms with Crippen LogP contribution in [0.4, 0.5) is 5.69 Å². The van der Waals surface area contributed by atoms with Crippen molar-refractivity contribution < 1.29 is 4.79 Å². The Balaban J connectivity index is 2.11. The number of carbonyl (C=O) groups excluding carboxylic acids is 1. The van der Waals surface area contributed by atoms with E-state index in [2.05, 4.69) is 33.2 Å². The minimum absolute atomic E-state index is 0.198. The molecule has 0 spiro atoms. The molecule has 0 saturated heterocycles. The lowest BCUT2D eigenvalue weighted by Gasteiger charge is -2.10. The van der Waals surface area contributed by atoms with Crippen molar-refractivity contribution in [3.63, 3.8) is 0 Å². The highest BCUT2D eigenvalue weighted by atomic mass is 79.9. The van der Waals surface area contributed by atoms with Gasteiger partial charge >= 0.3 is 0 Å². The summed E-state index contributed by atoms with van der Waals surface area (Å²) in [4.78, 5) is 16.5. The Kier molecular flexibility index (Phi) is 4.74. The van der Waals surface area contributed by atoms with Crippen LogP contribution < -0.4 is 11.1 Å². The highest BCUT2D eigenvalue weighted by Crippen LogP contribution is 2.18. The van der Waals surface area contributed by atoms with Gasteiger partial charge in [0.05, 0.1) is 17.8 Å². The molecule has 104 valence electrons. The van der Waals surface area contributed by atoms with E-state index < -0.39 is 0 Å². The number of hydrogen-bond donors (Lipinski definition) is 2.